The van der Waals surface area contributed by atoms with E-state index in [4.69, 9.17) is 4.74 Å². The van der Waals surface area contributed by atoms with Crippen molar-refractivity contribution in [1.29, 1.82) is 0 Å². The van der Waals surface area contributed by atoms with Gasteiger partial charge < -0.3 is 9.84 Å². The SMILES string of the molecule is CCCCOC(=O)N(Cc1ccccc1)c1cccc(O)c1. The average Bonchev–Trinajstić information content (AvgIpc) is 2.53. The summed E-state index contributed by atoms with van der Waals surface area (Å²) in [5.74, 6) is 0.122. The van der Waals surface area contributed by atoms with E-state index in [1.807, 2.05) is 37.3 Å². The predicted octanol–water partition coefficient (Wildman–Crippen LogP) is 4.34. The lowest BCUT2D eigenvalue weighted by Gasteiger charge is -2.22. The first kappa shape index (κ1) is 15.9. The maximum atomic E-state index is 12.4. The van der Waals surface area contributed by atoms with Crippen LogP contribution in [0.1, 0.15) is 25.3 Å². The van der Waals surface area contributed by atoms with Crippen molar-refractivity contribution in [3.8, 4) is 5.75 Å². The Balaban J connectivity index is 2.18. The maximum Gasteiger partial charge on any atom is 0.414 e. The highest BCUT2D eigenvalue weighted by Crippen LogP contribution is 2.23. The van der Waals surface area contributed by atoms with E-state index >= 15 is 0 Å². The van der Waals surface area contributed by atoms with Gasteiger partial charge in [-0.2, -0.15) is 0 Å². The van der Waals surface area contributed by atoms with Gasteiger partial charge in [-0.15, -0.1) is 0 Å². The third-order valence-electron chi connectivity index (χ3n) is 3.27. The summed E-state index contributed by atoms with van der Waals surface area (Å²) in [6.45, 7) is 2.85. The number of amides is 1. The highest BCUT2D eigenvalue weighted by atomic mass is 16.6. The Bertz CT molecular complexity index is 598. The molecule has 0 radical (unpaired) electrons. The molecule has 0 saturated heterocycles. The van der Waals surface area contributed by atoms with Gasteiger partial charge in [0.2, 0.25) is 0 Å². The second kappa shape index (κ2) is 8.08. The monoisotopic (exact) mass is 299 g/mol. The van der Waals surface area contributed by atoms with E-state index in [2.05, 4.69) is 0 Å². The van der Waals surface area contributed by atoms with Crippen LogP contribution in [0.4, 0.5) is 10.5 Å². The van der Waals surface area contributed by atoms with Crippen molar-refractivity contribution in [3.05, 3.63) is 60.2 Å². The molecule has 0 aliphatic rings. The minimum Gasteiger partial charge on any atom is -0.508 e. The standard InChI is InChI=1S/C18H21NO3/c1-2-3-12-22-18(21)19(14-15-8-5-4-6-9-15)16-10-7-11-17(20)13-16/h4-11,13,20H,2-3,12,14H2,1H3. The molecule has 22 heavy (non-hydrogen) atoms. The van der Waals surface area contributed by atoms with E-state index in [1.54, 1.807) is 24.3 Å². The van der Waals surface area contributed by atoms with Gasteiger partial charge in [0.05, 0.1) is 18.8 Å². The first-order chi connectivity index (χ1) is 10.7. The molecule has 0 heterocycles. The fraction of sp³-hybridized carbons (Fsp3) is 0.278. The molecule has 0 aromatic heterocycles. The fourth-order valence-corrected chi connectivity index (χ4v) is 2.07. The van der Waals surface area contributed by atoms with Gasteiger partial charge in [-0.05, 0) is 24.1 Å². The predicted molar refractivity (Wildman–Crippen MR) is 87.0 cm³/mol. The lowest BCUT2D eigenvalue weighted by atomic mass is 10.2. The Kier molecular flexibility index (Phi) is 5.83. The van der Waals surface area contributed by atoms with Crippen LogP contribution in [0, 0.1) is 0 Å². The molecule has 4 heteroatoms. The van der Waals surface area contributed by atoms with Crippen LogP contribution < -0.4 is 4.90 Å². The van der Waals surface area contributed by atoms with Crippen LogP contribution in [0.2, 0.25) is 0 Å². The molecule has 0 aliphatic carbocycles. The summed E-state index contributed by atoms with van der Waals surface area (Å²) in [7, 11) is 0. The largest absolute Gasteiger partial charge is 0.508 e. The number of phenolic OH excluding ortho intramolecular Hbond substituents is 1. The number of anilines is 1. The van der Waals surface area contributed by atoms with Crippen molar-refractivity contribution in [3.63, 3.8) is 0 Å². The van der Waals surface area contributed by atoms with Gasteiger partial charge in [0, 0.05) is 6.07 Å². The number of unbranched alkanes of at least 4 members (excludes halogenated alkanes) is 1. The number of carbonyl (C=O) groups excluding carboxylic acids is 1. The van der Waals surface area contributed by atoms with Crippen molar-refractivity contribution in [2.75, 3.05) is 11.5 Å². The maximum absolute atomic E-state index is 12.4. The third-order valence-corrected chi connectivity index (χ3v) is 3.27. The van der Waals surface area contributed by atoms with Crippen LogP contribution in [-0.4, -0.2) is 17.8 Å². The molecule has 0 unspecified atom stereocenters. The Morgan fingerprint density at radius 3 is 2.59 bits per heavy atom. The van der Waals surface area contributed by atoms with Gasteiger partial charge in [0.1, 0.15) is 5.75 Å². The van der Waals surface area contributed by atoms with E-state index in [0.29, 0.717) is 18.8 Å². The van der Waals surface area contributed by atoms with E-state index in [1.165, 1.54) is 4.90 Å². The molecule has 2 aromatic rings. The number of ether oxygens (including phenoxy) is 1. The summed E-state index contributed by atoms with van der Waals surface area (Å²) in [6.07, 6.45) is 1.41. The molecule has 0 fully saturated rings. The number of phenols is 1. The van der Waals surface area contributed by atoms with E-state index in [0.717, 1.165) is 18.4 Å². The number of rotatable bonds is 6. The number of hydrogen-bond donors (Lipinski definition) is 1. The Morgan fingerprint density at radius 2 is 1.91 bits per heavy atom. The second-order valence-corrected chi connectivity index (χ2v) is 5.06. The molecule has 2 aromatic carbocycles. The van der Waals surface area contributed by atoms with Gasteiger partial charge in [-0.1, -0.05) is 49.7 Å². The van der Waals surface area contributed by atoms with Crippen molar-refractivity contribution in [1.82, 2.24) is 0 Å². The molecule has 116 valence electrons. The van der Waals surface area contributed by atoms with Crippen molar-refractivity contribution >= 4 is 11.8 Å². The minimum absolute atomic E-state index is 0.122. The summed E-state index contributed by atoms with van der Waals surface area (Å²) in [6, 6.07) is 16.3. The number of nitrogens with zero attached hydrogens (tertiary/aromatic N) is 1. The molecule has 1 amide bonds. The van der Waals surface area contributed by atoms with E-state index in [-0.39, 0.29) is 5.75 Å². The van der Waals surface area contributed by atoms with Gasteiger partial charge in [-0.3, -0.25) is 4.90 Å². The summed E-state index contributed by atoms with van der Waals surface area (Å²) < 4.78 is 5.32. The van der Waals surface area contributed by atoms with Crippen LogP contribution in [-0.2, 0) is 11.3 Å². The van der Waals surface area contributed by atoms with Crippen LogP contribution in [0.5, 0.6) is 5.75 Å². The first-order valence-corrected chi connectivity index (χ1v) is 7.48. The third kappa shape index (κ3) is 4.52. The molecule has 0 aliphatic heterocycles. The van der Waals surface area contributed by atoms with Crippen molar-refractivity contribution < 1.29 is 14.6 Å². The molecule has 2 rings (SSSR count). The molecule has 0 atom stereocenters. The summed E-state index contributed by atoms with van der Waals surface area (Å²) in [5, 5.41) is 9.65. The number of benzene rings is 2. The molecule has 4 nitrogen and oxygen atoms in total. The molecular formula is C18H21NO3. The summed E-state index contributed by atoms with van der Waals surface area (Å²) in [4.78, 5) is 13.9. The highest BCUT2D eigenvalue weighted by molar-refractivity contribution is 5.87. The zero-order chi connectivity index (χ0) is 15.8. The lowest BCUT2D eigenvalue weighted by molar-refractivity contribution is 0.151. The topological polar surface area (TPSA) is 49.8 Å². The number of aromatic hydroxyl groups is 1. The number of hydrogen-bond acceptors (Lipinski definition) is 3. The van der Waals surface area contributed by atoms with Crippen LogP contribution >= 0.6 is 0 Å². The average molecular weight is 299 g/mol. The van der Waals surface area contributed by atoms with Crippen LogP contribution in [0.15, 0.2) is 54.6 Å². The zero-order valence-corrected chi connectivity index (χ0v) is 12.7. The Hall–Kier alpha value is -2.49. The smallest absolute Gasteiger partial charge is 0.414 e. The molecule has 0 bridgehead atoms. The quantitative estimate of drug-likeness (QED) is 0.807. The molecule has 1 N–H and O–H groups in total. The normalized spacial score (nSPS) is 10.2. The molecular weight excluding hydrogens is 278 g/mol. The van der Waals surface area contributed by atoms with E-state index in [9.17, 15) is 9.90 Å². The van der Waals surface area contributed by atoms with E-state index < -0.39 is 6.09 Å². The Labute approximate surface area is 131 Å². The second-order valence-electron chi connectivity index (χ2n) is 5.06. The van der Waals surface area contributed by atoms with Gasteiger partial charge in [0.15, 0.2) is 0 Å². The van der Waals surface area contributed by atoms with Crippen molar-refractivity contribution in [2.24, 2.45) is 0 Å². The zero-order valence-electron chi connectivity index (χ0n) is 12.7. The fourth-order valence-electron chi connectivity index (χ4n) is 2.07. The first-order valence-electron chi connectivity index (χ1n) is 7.48. The van der Waals surface area contributed by atoms with Gasteiger partial charge in [0.25, 0.3) is 0 Å². The van der Waals surface area contributed by atoms with Gasteiger partial charge in [-0.25, -0.2) is 4.79 Å². The minimum atomic E-state index is -0.400. The Morgan fingerprint density at radius 1 is 1.14 bits per heavy atom. The number of carbonyl (C=O) groups is 1. The summed E-state index contributed by atoms with van der Waals surface area (Å²) in [5.41, 5.74) is 1.61. The van der Waals surface area contributed by atoms with Crippen molar-refractivity contribution in [2.45, 2.75) is 26.3 Å². The highest BCUT2D eigenvalue weighted by Gasteiger charge is 2.18. The van der Waals surface area contributed by atoms with Crippen LogP contribution in [0.3, 0.4) is 0 Å². The summed E-state index contributed by atoms with van der Waals surface area (Å²) >= 11 is 0. The van der Waals surface area contributed by atoms with Gasteiger partial charge >= 0.3 is 6.09 Å². The molecule has 0 saturated carbocycles. The molecule has 0 spiro atoms. The van der Waals surface area contributed by atoms with Crippen LogP contribution in [0.25, 0.3) is 0 Å². The lowest BCUT2D eigenvalue weighted by Crippen LogP contribution is -2.31.